The van der Waals surface area contributed by atoms with Gasteiger partial charge in [0.2, 0.25) is 0 Å². The van der Waals surface area contributed by atoms with Crippen LogP contribution in [-0.4, -0.2) is 18.7 Å². The Kier molecular flexibility index (Phi) is 8.47. The summed E-state index contributed by atoms with van der Waals surface area (Å²) in [4.78, 5) is 20.5. The van der Waals surface area contributed by atoms with E-state index in [2.05, 4.69) is 5.32 Å². The summed E-state index contributed by atoms with van der Waals surface area (Å²) < 4.78 is 0. The van der Waals surface area contributed by atoms with E-state index in [1.165, 1.54) is 7.05 Å². The largest absolute Gasteiger partial charge is 0.649 e. The van der Waals surface area contributed by atoms with Crippen LogP contribution in [0.2, 0.25) is 0 Å². The molecule has 0 aromatic rings. The second-order valence-electron chi connectivity index (χ2n) is 1.31. The van der Waals surface area contributed by atoms with E-state index in [0.717, 1.165) is 0 Å². The Morgan fingerprint density at radius 1 is 1.44 bits per heavy atom. The van der Waals surface area contributed by atoms with E-state index < -0.39 is 11.7 Å². The van der Waals surface area contributed by atoms with Crippen LogP contribution in [0.3, 0.4) is 0 Å². The fourth-order valence-electron chi connectivity index (χ4n) is 0.276. The third-order valence-electron chi connectivity index (χ3n) is 0.763. The molecule has 0 rings (SSSR count). The molecule has 1 radical (unpaired) electrons. The molecule has 0 saturated heterocycles. The molecule has 0 atom stereocenters. The molecular weight excluding hydrogens is 195 g/mol. The minimum Gasteiger partial charge on any atom is -0.649 e. The van der Waals surface area contributed by atoms with Gasteiger partial charge in [-0.15, -0.1) is 7.05 Å². The average Bonchev–Trinajstić information content (AvgIpc) is 1.84. The Morgan fingerprint density at radius 3 is 2.00 bits per heavy atom. The first-order chi connectivity index (χ1) is 3.72. The van der Waals surface area contributed by atoms with E-state index in [1.54, 1.807) is 6.92 Å². The normalized spacial score (nSPS) is 7.33. The molecule has 0 N–H and O–H groups in total. The van der Waals surface area contributed by atoms with Crippen molar-refractivity contribution in [2.24, 2.45) is 0 Å². The number of Topliss-reactive ketones (excluding diaryl/α,β-unsaturated/α-hetero) is 1. The Bertz CT molecular complexity index is 99.5. The van der Waals surface area contributed by atoms with E-state index >= 15 is 0 Å². The molecule has 0 aromatic heterocycles. The standard InChI is InChI=1S/C5H9NO2.Y/c1-3-4(7)5(8)6-2;/h3H2,1-2H3,(H,6,8);/p-1. The van der Waals surface area contributed by atoms with Gasteiger partial charge in [-0.2, -0.15) is 0 Å². The van der Waals surface area contributed by atoms with Crippen LogP contribution in [0.4, 0.5) is 0 Å². The van der Waals surface area contributed by atoms with Gasteiger partial charge in [0.15, 0.2) is 5.78 Å². The summed E-state index contributed by atoms with van der Waals surface area (Å²) in [5.41, 5.74) is 0. The molecule has 0 aromatic carbocycles. The molecule has 0 unspecified atom stereocenters. The molecule has 1 amide bonds. The van der Waals surface area contributed by atoms with Crippen LogP contribution in [0.15, 0.2) is 0 Å². The Labute approximate surface area is 79.5 Å². The number of hydrogen-bond donors (Lipinski definition) is 0. The van der Waals surface area contributed by atoms with Gasteiger partial charge in [0.1, 0.15) is 5.91 Å². The molecule has 0 saturated carbocycles. The van der Waals surface area contributed by atoms with E-state index in [1.807, 2.05) is 0 Å². The first-order valence-corrected chi connectivity index (χ1v) is 2.39. The topological polar surface area (TPSA) is 48.2 Å². The van der Waals surface area contributed by atoms with Crippen molar-refractivity contribution in [1.29, 1.82) is 0 Å². The predicted octanol–water partition coefficient (Wildman–Crippen LogP) is 0.493. The van der Waals surface area contributed by atoms with Gasteiger partial charge in [0.25, 0.3) is 0 Å². The van der Waals surface area contributed by atoms with Crippen LogP contribution in [0.25, 0.3) is 5.32 Å². The van der Waals surface area contributed by atoms with Crippen LogP contribution >= 0.6 is 0 Å². The van der Waals surface area contributed by atoms with Gasteiger partial charge in [0.05, 0.1) is 0 Å². The van der Waals surface area contributed by atoms with E-state index in [9.17, 15) is 9.59 Å². The van der Waals surface area contributed by atoms with Gasteiger partial charge >= 0.3 is 0 Å². The zero-order chi connectivity index (χ0) is 6.57. The van der Waals surface area contributed by atoms with E-state index in [4.69, 9.17) is 0 Å². The summed E-state index contributed by atoms with van der Waals surface area (Å²) in [6.07, 6.45) is 0.246. The Morgan fingerprint density at radius 2 is 1.89 bits per heavy atom. The van der Waals surface area contributed by atoms with Crippen molar-refractivity contribution >= 4 is 11.7 Å². The van der Waals surface area contributed by atoms with Gasteiger partial charge in [-0.05, 0) is 0 Å². The van der Waals surface area contributed by atoms with Gasteiger partial charge in [-0.25, -0.2) is 0 Å². The average molecular weight is 203 g/mol. The van der Waals surface area contributed by atoms with Gasteiger partial charge < -0.3 is 10.1 Å². The number of carbonyl (C=O) groups is 2. The second kappa shape index (κ2) is 6.37. The quantitative estimate of drug-likeness (QED) is 0.613. The summed E-state index contributed by atoms with van der Waals surface area (Å²) in [6.45, 7) is 1.63. The van der Waals surface area contributed by atoms with Crippen molar-refractivity contribution < 1.29 is 42.3 Å². The molecule has 0 spiro atoms. The van der Waals surface area contributed by atoms with E-state index in [-0.39, 0.29) is 39.1 Å². The van der Waals surface area contributed by atoms with Gasteiger partial charge in [0, 0.05) is 39.1 Å². The van der Waals surface area contributed by atoms with Crippen molar-refractivity contribution in [3.8, 4) is 0 Å². The number of amides is 1. The van der Waals surface area contributed by atoms with Gasteiger partial charge in [-0.3, -0.25) is 4.79 Å². The molecule has 0 aliphatic heterocycles. The molecule has 0 aliphatic rings. The van der Waals surface area contributed by atoms with Crippen LogP contribution in [0.1, 0.15) is 13.3 Å². The zero-order valence-electron chi connectivity index (χ0n) is 5.55. The Balaban J connectivity index is 0. The fourth-order valence-corrected chi connectivity index (χ4v) is 0.276. The first-order valence-electron chi connectivity index (χ1n) is 2.39. The number of likely N-dealkylation sites (N-methyl/N-ethyl adjacent to an activating group) is 1. The Hall–Kier alpha value is 0.244. The number of rotatable bonds is 2. The maximum Gasteiger partial charge on any atom is 0.180 e. The van der Waals surface area contributed by atoms with Gasteiger partial charge in [-0.1, -0.05) is 6.92 Å². The van der Waals surface area contributed by atoms with Crippen molar-refractivity contribution in [3.05, 3.63) is 5.32 Å². The fraction of sp³-hybridized carbons (Fsp3) is 0.600. The summed E-state index contributed by atoms with van der Waals surface area (Å²) in [7, 11) is 1.32. The van der Waals surface area contributed by atoms with Crippen molar-refractivity contribution in [3.63, 3.8) is 0 Å². The van der Waals surface area contributed by atoms with Crippen molar-refractivity contribution in [2.45, 2.75) is 13.3 Å². The minimum absolute atomic E-state index is 0. The predicted molar refractivity (Wildman–Crippen MR) is 29.6 cm³/mol. The molecule has 49 valence electrons. The molecular formula is C5H8NO2Y-. The maximum absolute atomic E-state index is 10.3. The molecule has 3 nitrogen and oxygen atoms in total. The zero-order valence-corrected chi connectivity index (χ0v) is 8.39. The maximum atomic E-state index is 10.3. The van der Waals surface area contributed by atoms with Crippen LogP contribution in [0, 0.1) is 0 Å². The number of hydrogen-bond acceptors (Lipinski definition) is 2. The minimum atomic E-state index is -0.632. The molecule has 0 bridgehead atoms. The summed E-state index contributed by atoms with van der Waals surface area (Å²) >= 11 is 0. The van der Waals surface area contributed by atoms with Crippen LogP contribution in [-0.2, 0) is 42.3 Å². The smallest absolute Gasteiger partial charge is 0.180 e. The molecule has 4 heteroatoms. The van der Waals surface area contributed by atoms with Crippen LogP contribution < -0.4 is 0 Å². The van der Waals surface area contributed by atoms with E-state index in [0.29, 0.717) is 0 Å². The summed E-state index contributed by atoms with van der Waals surface area (Å²) in [6, 6.07) is 0. The SMILES string of the molecule is CCC(=O)C(=O)[N-]C.[Y]. The summed E-state index contributed by atoms with van der Waals surface area (Å²) in [5, 5.41) is 3.17. The number of nitrogens with zero attached hydrogens (tertiary/aromatic N) is 1. The molecule has 0 aliphatic carbocycles. The van der Waals surface area contributed by atoms with Crippen LogP contribution in [0.5, 0.6) is 0 Å². The second-order valence-corrected chi connectivity index (χ2v) is 1.31. The monoisotopic (exact) mass is 203 g/mol. The first kappa shape index (κ1) is 12.0. The third kappa shape index (κ3) is 4.73. The van der Waals surface area contributed by atoms with Crippen molar-refractivity contribution in [1.82, 2.24) is 0 Å². The number of ketones is 1. The molecule has 9 heavy (non-hydrogen) atoms. The van der Waals surface area contributed by atoms with Crippen molar-refractivity contribution in [2.75, 3.05) is 7.05 Å². The molecule has 0 fully saturated rings. The number of carbonyl (C=O) groups excluding carboxylic acids is 2. The third-order valence-corrected chi connectivity index (χ3v) is 0.763. The summed E-state index contributed by atoms with van der Waals surface area (Å²) in [5.74, 6) is -1.06. The molecule has 0 heterocycles.